The SMILES string of the molecule is C[C@H](Sc1ccc2c(c1)OCCCO2)C(=O)Nc1ccc2ccccc2c1. The molecule has 27 heavy (non-hydrogen) atoms. The van der Waals surface area contributed by atoms with Gasteiger partial charge >= 0.3 is 0 Å². The molecule has 0 saturated carbocycles. The Balaban J connectivity index is 1.43. The van der Waals surface area contributed by atoms with Crippen molar-refractivity contribution >= 4 is 34.1 Å². The maximum absolute atomic E-state index is 12.6. The summed E-state index contributed by atoms with van der Waals surface area (Å²) in [6.07, 6.45) is 0.877. The van der Waals surface area contributed by atoms with Crippen LogP contribution in [0.3, 0.4) is 0 Å². The molecular weight excluding hydrogens is 358 g/mol. The Hall–Kier alpha value is -2.66. The zero-order valence-corrected chi connectivity index (χ0v) is 15.9. The predicted octanol–water partition coefficient (Wildman–Crippen LogP) is 5.12. The van der Waals surface area contributed by atoms with Crippen LogP contribution < -0.4 is 14.8 Å². The third-order valence-corrected chi connectivity index (χ3v) is 5.51. The van der Waals surface area contributed by atoms with E-state index in [1.807, 2.05) is 61.5 Å². The quantitative estimate of drug-likeness (QED) is 0.639. The molecule has 0 radical (unpaired) electrons. The van der Waals surface area contributed by atoms with Crippen molar-refractivity contribution in [2.24, 2.45) is 0 Å². The Labute approximate surface area is 162 Å². The molecule has 1 aliphatic heterocycles. The first-order chi connectivity index (χ1) is 13.2. The van der Waals surface area contributed by atoms with Crippen molar-refractivity contribution in [3.05, 3.63) is 60.7 Å². The number of carbonyl (C=O) groups excluding carboxylic acids is 1. The molecule has 0 saturated heterocycles. The van der Waals surface area contributed by atoms with Crippen molar-refractivity contribution in [3.8, 4) is 11.5 Å². The van der Waals surface area contributed by atoms with Gasteiger partial charge in [0.1, 0.15) is 0 Å². The number of amides is 1. The fourth-order valence-electron chi connectivity index (χ4n) is 2.99. The second kappa shape index (κ2) is 7.92. The molecule has 1 aliphatic rings. The summed E-state index contributed by atoms with van der Waals surface area (Å²) in [5.41, 5.74) is 0.810. The van der Waals surface area contributed by atoms with E-state index in [1.165, 1.54) is 11.8 Å². The minimum atomic E-state index is -0.235. The van der Waals surface area contributed by atoms with E-state index in [0.717, 1.165) is 39.3 Å². The molecule has 5 heteroatoms. The molecule has 0 unspecified atom stereocenters. The highest BCUT2D eigenvalue weighted by Crippen LogP contribution is 2.35. The van der Waals surface area contributed by atoms with Gasteiger partial charge in [0.25, 0.3) is 0 Å². The number of fused-ring (bicyclic) bond motifs is 2. The summed E-state index contributed by atoms with van der Waals surface area (Å²) >= 11 is 1.51. The third kappa shape index (κ3) is 4.19. The number of thioether (sulfide) groups is 1. The van der Waals surface area contributed by atoms with Crippen molar-refractivity contribution in [3.63, 3.8) is 0 Å². The maximum atomic E-state index is 12.6. The lowest BCUT2D eigenvalue weighted by Gasteiger charge is -2.14. The molecule has 0 aromatic heterocycles. The second-order valence-corrected chi connectivity index (χ2v) is 7.88. The molecule has 3 aromatic rings. The van der Waals surface area contributed by atoms with Crippen LogP contribution in [0.1, 0.15) is 13.3 Å². The van der Waals surface area contributed by atoms with E-state index in [9.17, 15) is 4.79 Å². The molecule has 1 N–H and O–H groups in total. The van der Waals surface area contributed by atoms with Gasteiger partial charge in [-0.25, -0.2) is 0 Å². The Kier molecular flexibility index (Phi) is 5.21. The first kappa shape index (κ1) is 17.7. The Morgan fingerprint density at radius 2 is 1.74 bits per heavy atom. The second-order valence-electron chi connectivity index (χ2n) is 6.47. The van der Waals surface area contributed by atoms with Crippen molar-refractivity contribution in [1.82, 2.24) is 0 Å². The molecule has 0 spiro atoms. The van der Waals surface area contributed by atoms with Crippen LogP contribution in [0.15, 0.2) is 65.6 Å². The molecule has 1 atom stereocenters. The fourth-order valence-corrected chi connectivity index (χ4v) is 3.88. The standard InChI is InChI=1S/C22H21NO3S/c1-15(27-19-9-10-20-21(14-19)26-12-4-11-25-20)22(24)23-18-8-7-16-5-2-3-6-17(16)13-18/h2-3,5-10,13-15H,4,11-12H2,1H3,(H,23,24)/t15-/m0/s1. The number of benzene rings is 3. The lowest BCUT2D eigenvalue weighted by Crippen LogP contribution is -2.22. The fraction of sp³-hybridized carbons (Fsp3) is 0.227. The van der Waals surface area contributed by atoms with Crippen LogP contribution in [-0.2, 0) is 4.79 Å². The largest absolute Gasteiger partial charge is 0.490 e. The van der Waals surface area contributed by atoms with Gasteiger partial charge in [-0.2, -0.15) is 0 Å². The van der Waals surface area contributed by atoms with Gasteiger partial charge in [0.05, 0.1) is 18.5 Å². The molecule has 4 nitrogen and oxygen atoms in total. The number of nitrogens with one attached hydrogen (secondary N) is 1. The van der Waals surface area contributed by atoms with E-state index < -0.39 is 0 Å². The monoisotopic (exact) mass is 379 g/mol. The summed E-state index contributed by atoms with van der Waals surface area (Å²) in [6.45, 7) is 3.23. The summed E-state index contributed by atoms with van der Waals surface area (Å²) in [5, 5.41) is 5.04. The molecule has 0 bridgehead atoms. The van der Waals surface area contributed by atoms with E-state index in [4.69, 9.17) is 9.47 Å². The molecule has 0 aliphatic carbocycles. The first-order valence-electron chi connectivity index (χ1n) is 9.05. The summed E-state index contributed by atoms with van der Waals surface area (Å²) in [4.78, 5) is 13.6. The van der Waals surface area contributed by atoms with Crippen LogP contribution in [0.2, 0.25) is 0 Å². The number of ether oxygens (including phenoxy) is 2. The average Bonchev–Trinajstić information content (AvgIpc) is 2.93. The lowest BCUT2D eigenvalue weighted by molar-refractivity contribution is -0.115. The third-order valence-electron chi connectivity index (χ3n) is 4.42. The van der Waals surface area contributed by atoms with Crippen molar-refractivity contribution in [2.45, 2.75) is 23.5 Å². The first-order valence-corrected chi connectivity index (χ1v) is 9.93. The van der Waals surface area contributed by atoms with Crippen LogP contribution in [0.5, 0.6) is 11.5 Å². The minimum absolute atomic E-state index is 0.0256. The van der Waals surface area contributed by atoms with E-state index >= 15 is 0 Å². The van der Waals surface area contributed by atoms with Gasteiger partial charge in [0.2, 0.25) is 5.91 Å². The number of carbonyl (C=O) groups is 1. The van der Waals surface area contributed by atoms with Gasteiger partial charge in [0, 0.05) is 17.0 Å². The summed E-state index contributed by atoms with van der Waals surface area (Å²) in [7, 11) is 0. The summed E-state index contributed by atoms with van der Waals surface area (Å²) in [5.74, 6) is 1.49. The van der Waals surface area contributed by atoms with Crippen LogP contribution in [-0.4, -0.2) is 24.4 Å². The normalized spacial score (nSPS) is 14.4. The van der Waals surface area contributed by atoms with Gasteiger partial charge < -0.3 is 14.8 Å². The van der Waals surface area contributed by atoms with Crippen molar-refractivity contribution in [1.29, 1.82) is 0 Å². The van der Waals surface area contributed by atoms with E-state index in [0.29, 0.717) is 13.2 Å². The van der Waals surface area contributed by atoms with Gasteiger partial charge in [-0.05, 0) is 48.0 Å². The van der Waals surface area contributed by atoms with Crippen LogP contribution >= 0.6 is 11.8 Å². The number of hydrogen-bond donors (Lipinski definition) is 1. The highest BCUT2D eigenvalue weighted by Gasteiger charge is 2.17. The number of hydrogen-bond acceptors (Lipinski definition) is 4. The Morgan fingerprint density at radius 3 is 2.59 bits per heavy atom. The maximum Gasteiger partial charge on any atom is 0.237 e. The highest BCUT2D eigenvalue weighted by atomic mass is 32.2. The molecule has 1 amide bonds. The van der Waals surface area contributed by atoms with E-state index in [-0.39, 0.29) is 11.2 Å². The van der Waals surface area contributed by atoms with Crippen LogP contribution in [0, 0.1) is 0 Å². The van der Waals surface area contributed by atoms with Gasteiger partial charge in [-0.1, -0.05) is 30.3 Å². The number of rotatable bonds is 4. The zero-order valence-electron chi connectivity index (χ0n) is 15.1. The minimum Gasteiger partial charge on any atom is -0.490 e. The van der Waals surface area contributed by atoms with E-state index in [1.54, 1.807) is 0 Å². The van der Waals surface area contributed by atoms with Gasteiger partial charge in [-0.3, -0.25) is 4.79 Å². The van der Waals surface area contributed by atoms with E-state index in [2.05, 4.69) is 11.4 Å². The number of anilines is 1. The molecular formula is C22H21NO3S. The van der Waals surface area contributed by atoms with Gasteiger partial charge in [-0.15, -0.1) is 11.8 Å². The van der Waals surface area contributed by atoms with Gasteiger partial charge in [0.15, 0.2) is 11.5 Å². The van der Waals surface area contributed by atoms with Crippen LogP contribution in [0.4, 0.5) is 5.69 Å². The molecule has 0 fully saturated rings. The summed E-state index contributed by atoms with van der Waals surface area (Å²) in [6, 6.07) is 19.9. The Morgan fingerprint density at radius 1 is 0.963 bits per heavy atom. The predicted molar refractivity (Wildman–Crippen MR) is 110 cm³/mol. The highest BCUT2D eigenvalue weighted by molar-refractivity contribution is 8.00. The zero-order chi connectivity index (χ0) is 18.6. The molecule has 138 valence electrons. The lowest BCUT2D eigenvalue weighted by atomic mass is 10.1. The molecule has 4 rings (SSSR count). The molecule has 1 heterocycles. The smallest absolute Gasteiger partial charge is 0.237 e. The van der Waals surface area contributed by atoms with Crippen molar-refractivity contribution in [2.75, 3.05) is 18.5 Å². The van der Waals surface area contributed by atoms with Crippen molar-refractivity contribution < 1.29 is 14.3 Å². The topological polar surface area (TPSA) is 47.6 Å². The van der Waals surface area contributed by atoms with Crippen LogP contribution in [0.25, 0.3) is 10.8 Å². The summed E-state index contributed by atoms with van der Waals surface area (Å²) < 4.78 is 11.4. The molecule has 3 aromatic carbocycles. The average molecular weight is 379 g/mol. The Bertz CT molecular complexity index is 973.